The third-order valence-corrected chi connectivity index (χ3v) is 10.3. The molecule has 10 nitrogen and oxygen atoms in total. The summed E-state index contributed by atoms with van der Waals surface area (Å²) in [6.45, 7) is 5.01. The van der Waals surface area contributed by atoms with E-state index in [1.54, 1.807) is 0 Å². The molecule has 0 amide bonds. The van der Waals surface area contributed by atoms with E-state index in [1.807, 2.05) is 79.7 Å². The molecule has 0 saturated carbocycles. The van der Waals surface area contributed by atoms with Gasteiger partial charge in [-0.05, 0) is 60.4 Å². The zero-order valence-electron chi connectivity index (χ0n) is 30.6. The second kappa shape index (κ2) is 18.7. The SMILES string of the molecule is Cc1cccc2cc(CN)c(-c3ccccc3Cl)nc12.Cc1cccc2cc(CNc3nc(N)ncc3Cl)c(-c3ccccc3Cl)nc12.Nc1ncc(Cl)c(Cl)n1. The zero-order valence-corrected chi connectivity index (χ0v) is 34.4. The number of benzene rings is 4. The van der Waals surface area contributed by atoms with Crippen LogP contribution in [0.4, 0.5) is 17.7 Å². The van der Waals surface area contributed by atoms with Gasteiger partial charge in [0, 0.05) is 45.0 Å². The van der Waals surface area contributed by atoms with Crippen LogP contribution in [0.3, 0.4) is 0 Å². The smallest absolute Gasteiger partial charge is 0.222 e. The molecule has 7 N–H and O–H groups in total. The lowest BCUT2D eigenvalue weighted by molar-refractivity contribution is 1.06. The van der Waals surface area contributed by atoms with Crippen LogP contribution in [0.1, 0.15) is 22.3 Å². The number of nitrogens with zero attached hydrogens (tertiary/aromatic N) is 6. The summed E-state index contributed by atoms with van der Waals surface area (Å²) in [7, 11) is 0. The van der Waals surface area contributed by atoms with Crippen molar-refractivity contribution in [3.63, 3.8) is 0 Å². The number of rotatable bonds is 6. The topological polar surface area (TPSA) is 167 Å². The van der Waals surface area contributed by atoms with E-state index in [9.17, 15) is 0 Å². The summed E-state index contributed by atoms with van der Waals surface area (Å²) in [6.07, 6.45) is 2.83. The Kier molecular flexibility index (Phi) is 13.6. The number of nitrogens with one attached hydrogen (secondary N) is 1. The number of aromatic nitrogens is 6. The van der Waals surface area contributed by atoms with Gasteiger partial charge >= 0.3 is 0 Å². The molecule has 0 atom stereocenters. The van der Waals surface area contributed by atoms with Gasteiger partial charge in [-0.15, -0.1) is 0 Å². The van der Waals surface area contributed by atoms with Gasteiger partial charge in [0.05, 0.1) is 39.8 Å². The Hall–Kier alpha value is -5.33. The molecule has 0 aliphatic carbocycles. The highest BCUT2D eigenvalue weighted by atomic mass is 35.5. The first-order valence-electron chi connectivity index (χ1n) is 17.4. The standard InChI is InChI=1S/C21H17Cl2N5.C17H15ClN2.C4H3Cl2N3/c1-12-5-4-6-13-9-14(10-25-20-17(23)11-26-21(24)28-20)19(27-18(12)13)15-7-2-3-8-16(15)22;1-11-5-4-6-12-9-13(10-19)17(20-16(11)12)14-7-2-3-8-15(14)18;5-2-1-8-4(7)9-3(2)6/h2-9,11H,10H2,1H3,(H3,24,25,26,28);2-9H,10,19H2,1H3;1H,(H2,7,8,9). The van der Waals surface area contributed by atoms with E-state index in [1.165, 1.54) is 12.4 Å². The van der Waals surface area contributed by atoms with Crippen LogP contribution in [0.2, 0.25) is 25.2 Å². The Morgan fingerprint density at radius 2 is 1.04 bits per heavy atom. The number of nitrogens with two attached hydrogens (primary N) is 3. The number of fused-ring (bicyclic) bond motifs is 2. The third-order valence-electron chi connectivity index (χ3n) is 8.66. The number of halogens is 5. The fraction of sp³-hybridized carbons (Fsp3) is 0.0952. The fourth-order valence-corrected chi connectivity index (χ4v) is 6.72. The van der Waals surface area contributed by atoms with Crippen LogP contribution in [-0.4, -0.2) is 29.9 Å². The molecule has 0 spiro atoms. The maximum atomic E-state index is 6.47. The highest BCUT2D eigenvalue weighted by Crippen LogP contribution is 2.34. The number of aryl methyl sites for hydroxylation is 2. The van der Waals surface area contributed by atoms with E-state index in [0.29, 0.717) is 39.0 Å². The molecule has 0 bridgehead atoms. The lowest BCUT2D eigenvalue weighted by Crippen LogP contribution is -2.07. The first-order valence-corrected chi connectivity index (χ1v) is 19.3. The molecule has 4 aromatic carbocycles. The van der Waals surface area contributed by atoms with Crippen LogP contribution >= 0.6 is 58.0 Å². The summed E-state index contributed by atoms with van der Waals surface area (Å²) in [6, 6.07) is 31.9. The average Bonchev–Trinajstić information content (AvgIpc) is 3.20. The quantitative estimate of drug-likeness (QED) is 0.118. The molecule has 15 heteroatoms. The average molecular weight is 857 g/mol. The van der Waals surface area contributed by atoms with Crippen molar-refractivity contribution < 1.29 is 0 Å². The minimum Gasteiger partial charge on any atom is -0.368 e. The molecule has 0 radical (unpaired) electrons. The van der Waals surface area contributed by atoms with Gasteiger partial charge in [0.15, 0.2) is 11.0 Å². The Balaban J connectivity index is 0.000000164. The van der Waals surface area contributed by atoms with Crippen LogP contribution in [0, 0.1) is 13.8 Å². The van der Waals surface area contributed by atoms with Crippen LogP contribution in [0.15, 0.2) is 109 Å². The fourth-order valence-electron chi connectivity index (χ4n) is 5.89. The summed E-state index contributed by atoms with van der Waals surface area (Å²) < 4.78 is 0. The minimum absolute atomic E-state index is 0.129. The Morgan fingerprint density at radius 1 is 0.544 bits per heavy atom. The van der Waals surface area contributed by atoms with Gasteiger partial charge < -0.3 is 22.5 Å². The summed E-state index contributed by atoms with van der Waals surface area (Å²) in [5, 5.41) is 7.64. The molecule has 0 saturated heterocycles. The van der Waals surface area contributed by atoms with E-state index < -0.39 is 0 Å². The molecule has 0 aliphatic heterocycles. The number of anilines is 3. The van der Waals surface area contributed by atoms with E-state index in [4.69, 9.17) is 85.2 Å². The molecule has 0 fully saturated rings. The van der Waals surface area contributed by atoms with Crippen molar-refractivity contribution >= 4 is 97.5 Å². The summed E-state index contributed by atoms with van der Waals surface area (Å²) in [5.41, 5.74) is 26.4. The monoisotopic (exact) mass is 854 g/mol. The van der Waals surface area contributed by atoms with Crippen molar-refractivity contribution in [1.82, 2.24) is 29.9 Å². The summed E-state index contributed by atoms with van der Waals surface area (Å²) >= 11 is 29.9. The Labute approximate surface area is 354 Å². The molecule has 57 heavy (non-hydrogen) atoms. The summed E-state index contributed by atoms with van der Waals surface area (Å²) in [4.78, 5) is 25.0. The van der Waals surface area contributed by atoms with Gasteiger partial charge in [-0.2, -0.15) is 9.97 Å². The lowest BCUT2D eigenvalue weighted by Gasteiger charge is -2.15. The van der Waals surface area contributed by atoms with Crippen molar-refractivity contribution in [2.75, 3.05) is 16.8 Å². The van der Waals surface area contributed by atoms with E-state index >= 15 is 0 Å². The highest BCUT2D eigenvalue weighted by Gasteiger charge is 2.15. The van der Waals surface area contributed by atoms with Gasteiger partial charge in [0.25, 0.3) is 0 Å². The Morgan fingerprint density at radius 3 is 1.54 bits per heavy atom. The van der Waals surface area contributed by atoms with Crippen LogP contribution in [0.25, 0.3) is 44.3 Å². The number of hydrogen-bond donors (Lipinski definition) is 4. The van der Waals surface area contributed by atoms with E-state index in [2.05, 4.69) is 56.4 Å². The molecule has 4 aromatic heterocycles. The van der Waals surface area contributed by atoms with Crippen LogP contribution in [-0.2, 0) is 13.1 Å². The minimum atomic E-state index is 0.129. The number of nitrogen functional groups attached to an aromatic ring is 2. The molecule has 8 aromatic rings. The molecular weight excluding hydrogens is 822 g/mol. The maximum Gasteiger partial charge on any atom is 0.222 e. The van der Waals surface area contributed by atoms with Crippen LogP contribution in [0.5, 0.6) is 0 Å². The van der Waals surface area contributed by atoms with Crippen molar-refractivity contribution in [1.29, 1.82) is 0 Å². The first-order chi connectivity index (χ1) is 27.4. The van der Waals surface area contributed by atoms with Crippen LogP contribution < -0.4 is 22.5 Å². The lowest BCUT2D eigenvalue weighted by atomic mass is 10.0. The van der Waals surface area contributed by atoms with Gasteiger partial charge in [-0.1, -0.05) is 131 Å². The molecule has 0 unspecified atom stereocenters. The van der Waals surface area contributed by atoms with Gasteiger partial charge in [0.1, 0.15) is 5.02 Å². The van der Waals surface area contributed by atoms with Crippen molar-refractivity contribution in [3.8, 4) is 22.5 Å². The molecule has 288 valence electrons. The molecular formula is C42H35Cl5N10. The van der Waals surface area contributed by atoms with Gasteiger partial charge in [0.2, 0.25) is 11.9 Å². The molecule has 4 heterocycles. The van der Waals surface area contributed by atoms with Gasteiger partial charge in [-0.3, -0.25) is 0 Å². The van der Waals surface area contributed by atoms with Crippen molar-refractivity contribution in [2.24, 2.45) is 5.73 Å². The predicted molar refractivity (Wildman–Crippen MR) is 237 cm³/mol. The highest BCUT2D eigenvalue weighted by molar-refractivity contribution is 6.41. The third kappa shape index (κ3) is 9.98. The number of pyridine rings is 2. The van der Waals surface area contributed by atoms with Crippen molar-refractivity contribution in [2.45, 2.75) is 26.9 Å². The van der Waals surface area contributed by atoms with E-state index in [0.717, 1.165) is 66.6 Å². The van der Waals surface area contributed by atoms with Crippen molar-refractivity contribution in [3.05, 3.63) is 157 Å². The van der Waals surface area contributed by atoms with E-state index in [-0.39, 0.29) is 17.0 Å². The second-order valence-corrected chi connectivity index (χ2v) is 14.6. The second-order valence-electron chi connectivity index (χ2n) is 12.6. The zero-order chi connectivity index (χ0) is 40.6. The molecule has 0 aliphatic rings. The first kappa shape index (κ1) is 41.3. The maximum absolute atomic E-state index is 6.47. The Bertz CT molecular complexity index is 2710. The normalized spacial score (nSPS) is 10.7. The molecule has 8 rings (SSSR count). The predicted octanol–water partition coefficient (Wildman–Crippen LogP) is 11.2. The number of para-hydroxylation sites is 2. The number of hydrogen-bond acceptors (Lipinski definition) is 10. The van der Waals surface area contributed by atoms with Gasteiger partial charge in [-0.25, -0.2) is 19.9 Å². The largest absolute Gasteiger partial charge is 0.368 e. The summed E-state index contributed by atoms with van der Waals surface area (Å²) in [5.74, 6) is 0.763.